The van der Waals surface area contributed by atoms with Gasteiger partial charge in [-0.05, 0) is 57.9 Å². The number of ether oxygens (including phenoxy) is 1. The van der Waals surface area contributed by atoms with Crippen LogP contribution in [0.15, 0.2) is 18.2 Å². The molecule has 1 N–H and O–H groups in total. The summed E-state index contributed by atoms with van der Waals surface area (Å²) in [5, 5.41) is 3.09. The van der Waals surface area contributed by atoms with Gasteiger partial charge in [0.15, 0.2) is 0 Å². The van der Waals surface area contributed by atoms with E-state index in [1.54, 1.807) is 17.9 Å². The lowest BCUT2D eigenvalue weighted by molar-refractivity contribution is -0.116. The van der Waals surface area contributed by atoms with Crippen LogP contribution in [-0.4, -0.2) is 60.6 Å². The van der Waals surface area contributed by atoms with E-state index in [1.807, 2.05) is 12.1 Å². The Morgan fingerprint density at radius 1 is 1.22 bits per heavy atom. The van der Waals surface area contributed by atoms with Gasteiger partial charge in [0.05, 0.1) is 12.2 Å². The maximum Gasteiger partial charge on any atom is 0.251 e. The number of fused-ring (bicyclic) bond motifs is 1. The first kappa shape index (κ1) is 19.8. The molecule has 0 saturated carbocycles. The van der Waals surface area contributed by atoms with E-state index in [0.29, 0.717) is 18.7 Å². The maximum absolute atomic E-state index is 12.7. The van der Waals surface area contributed by atoms with Crippen molar-refractivity contribution in [3.63, 3.8) is 0 Å². The number of benzene rings is 1. The largest absolute Gasteiger partial charge is 0.373 e. The first-order valence-corrected chi connectivity index (χ1v) is 9.77. The van der Waals surface area contributed by atoms with Gasteiger partial charge in [-0.15, -0.1) is 0 Å². The van der Waals surface area contributed by atoms with Crippen molar-refractivity contribution in [1.82, 2.24) is 10.2 Å². The predicted molar refractivity (Wildman–Crippen MR) is 106 cm³/mol. The van der Waals surface area contributed by atoms with E-state index in [-0.39, 0.29) is 29.6 Å². The van der Waals surface area contributed by atoms with Crippen LogP contribution in [0, 0.1) is 0 Å². The molecule has 27 heavy (non-hydrogen) atoms. The lowest BCUT2D eigenvalue weighted by atomic mass is 9.99. The molecule has 1 saturated heterocycles. The molecule has 2 unspecified atom stereocenters. The van der Waals surface area contributed by atoms with E-state index in [9.17, 15) is 9.59 Å². The van der Waals surface area contributed by atoms with Crippen LogP contribution in [0.4, 0.5) is 5.69 Å². The van der Waals surface area contributed by atoms with Crippen LogP contribution < -0.4 is 10.2 Å². The van der Waals surface area contributed by atoms with E-state index < -0.39 is 0 Å². The highest BCUT2D eigenvalue weighted by molar-refractivity contribution is 5.97. The third-order valence-electron chi connectivity index (χ3n) is 5.57. The molecule has 0 bridgehead atoms. The minimum atomic E-state index is -0.149. The molecule has 2 amide bonds. The van der Waals surface area contributed by atoms with E-state index in [1.165, 1.54) is 0 Å². The van der Waals surface area contributed by atoms with Gasteiger partial charge in [0, 0.05) is 49.9 Å². The van der Waals surface area contributed by atoms with Crippen LogP contribution >= 0.6 is 0 Å². The first-order valence-electron chi connectivity index (χ1n) is 9.77. The summed E-state index contributed by atoms with van der Waals surface area (Å²) in [5.41, 5.74) is 2.49. The minimum Gasteiger partial charge on any atom is -0.373 e. The fraction of sp³-hybridized carbons (Fsp3) is 0.619. The Morgan fingerprint density at radius 2 is 1.89 bits per heavy atom. The van der Waals surface area contributed by atoms with Crippen LogP contribution in [-0.2, 0) is 16.0 Å². The smallest absolute Gasteiger partial charge is 0.251 e. The highest BCUT2D eigenvalue weighted by Crippen LogP contribution is 2.29. The Labute approximate surface area is 161 Å². The molecule has 1 aromatic carbocycles. The summed E-state index contributed by atoms with van der Waals surface area (Å²) in [7, 11) is 0. The first-order chi connectivity index (χ1) is 12.7. The predicted octanol–water partition coefficient (Wildman–Crippen LogP) is 2.21. The summed E-state index contributed by atoms with van der Waals surface area (Å²) in [6, 6.07) is 5.61. The second kappa shape index (κ2) is 7.60. The van der Waals surface area contributed by atoms with Gasteiger partial charge in [0.1, 0.15) is 0 Å². The molecule has 2 aliphatic heterocycles. The zero-order valence-corrected chi connectivity index (χ0v) is 17.0. The molecule has 1 fully saturated rings. The molecular weight excluding hydrogens is 342 g/mol. The molecule has 0 spiro atoms. The standard InChI is InChI=1S/C21H31N3O3/c1-14-11-23(12-15(2)27-14)21(4,5)13-22-20(26)18-6-7-19-17(10-18)8-9-24(19)16(3)25/h6-7,10,14-15H,8-9,11-13H2,1-5H3,(H,22,26). The molecule has 1 aromatic rings. The summed E-state index contributed by atoms with van der Waals surface area (Å²) < 4.78 is 5.82. The molecular formula is C21H31N3O3. The van der Waals surface area contributed by atoms with Crippen molar-refractivity contribution in [1.29, 1.82) is 0 Å². The molecule has 0 aromatic heterocycles. The van der Waals surface area contributed by atoms with Gasteiger partial charge in [0.25, 0.3) is 5.91 Å². The van der Waals surface area contributed by atoms with Gasteiger partial charge in [-0.2, -0.15) is 0 Å². The number of amides is 2. The van der Waals surface area contributed by atoms with Gasteiger partial charge in [-0.1, -0.05) is 0 Å². The van der Waals surface area contributed by atoms with Crippen LogP contribution in [0.1, 0.15) is 50.5 Å². The van der Waals surface area contributed by atoms with Gasteiger partial charge in [-0.3, -0.25) is 14.5 Å². The highest BCUT2D eigenvalue weighted by Gasteiger charge is 2.33. The van der Waals surface area contributed by atoms with Crippen molar-refractivity contribution in [3.05, 3.63) is 29.3 Å². The average Bonchev–Trinajstić information content (AvgIpc) is 3.02. The Kier molecular flexibility index (Phi) is 5.58. The van der Waals surface area contributed by atoms with Gasteiger partial charge in [-0.25, -0.2) is 0 Å². The van der Waals surface area contributed by atoms with Crippen LogP contribution in [0.2, 0.25) is 0 Å². The van der Waals surface area contributed by atoms with Crippen LogP contribution in [0.3, 0.4) is 0 Å². The molecule has 0 aliphatic carbocycles. The van der Waals surface area contributed by atoms with E-state index in [0.717, 1.165) is 30.8 Å². The SMILES string of the molecule is CC(=O)N1CCc2cc(C(=O)NCC(C)(C)N3CC(C)OC(C)C3)ccc21. The number of hydrogen-bond acceptors (Lipinski definition) is 4. The fourth-order valence-electron chi connectivity index (χ4n) is 4.05. The molecule has 3 rings (SSSR count). The van der Waals surface area contributed by atoms with Crippen LogP contribution in [0.5, 0.6) is 0 Å². The Morgan fingerprint density at radius 3 is 2.52 bits per heavy atom. The average molecular weight is 373 g/mol. The number of nitrogens with zero attached hydrogens (tertiary/aromatic N) is 2. The van der Waals surface area contributed by atoms with Gasteiger partial charge >= 0.3 is 0 Å². The monoisotopic (exact) mass is 373 g/mol. The van der Waals surface area contributed by atoms with Crippen molar-refractivity contribution < 1.29 is 14.3 Å². The lowest BCUT2D eigenvalue weighted by Crippen LogP contribution is -2.58. The third-order valence-corrected chi connectivity index (χ3v) is 5.57. The third kappa shape index (κ3) is 4.33. The van der Waals surface area contributed by atoms with Crippen LogP contribution in [0.25, 0.3) is 0 Å². The summed E-state index contributed by atoms with van der Waals surface area (Å²) in [6.07, 6.45) is 1.19. The van der Waals surface area contributed by atoms with Crippen molar-refractivity contribution in [3.8, 4) is 0 Å². The van der Waals surface area contributed by atoms with Gasteiger partial charge < -0.3 is 15.0 Å². The molecule has 2 aliphatic rings. The quantitative estimate of drug-likeness (QED) is 0.879. The second-order valence-electron chi connectivity index (χ2n) is 8.42. The molecule has 2 atom stereocenters. The Hall–Kier alpha value is -1.92. The van der Waals surface area contributed by atoms with Crippen molar-refractivity contribution in [2.45, 2.75) is 58.8 Å². The molecule has 0 radical (unpaired) electrons. The fourth-order valence-corrected chi connectivity index (χ4v) is 4.05. The molecule has 6 nitrogen and oxygen atoms in total. The summed E-state index contributed by atoms with van der Waals surface area (Å²) >= 11 is 0. The summed E-state index contributed by atoms with van der Waals surface area (Å²) in [4.78, 5) is 28.5. The topological polar surface area (TPSA) is 61.9 Å². The summed E-state index contributed by atoms with van der Waals surface area (Å²) in [6.45, 7) is 13.1. The number of carbonyl (C=O) groups excluding carboxylic acids is 2. The second-order valence-corrected chi connectivity index (χ2v) is 8.42. The zero-order valence-electron chi connectivity index (χ0n) is 17.0. The van der Waals surface area contributed by atoms with Gasteiger partial charge in [0.2, 0.25) is 5.91 Å². The van der Waals surface area contributed by atoms with E-state index in [2.05, 4.69) is 37.9 Å². The van der Waals surface area contributed by atoms with E-state index >= 15 is 0 Å². The van der Waals surface area contributed by atoms with Crippen molar-refractivity contribution in [2.75, 3.05) is 31.1 Å². The Bertz CT molecular complexity index is 721. The number of nitrogens with one attached hydrogen (secondary N) is 1. The molecule has 6 heteroatoms. The van der Waals surface area contributed by atoms with Crippen molar-refractivity contribution in [2.24, 2.45) is 0 Å². The lowest BCUT2D eigenvalue weighted by Gasteiger charge is -2.45. The molecule has 148 valence electrons. The van der Waals surface area contributed by atoms with E-state index in [4.69, 9.17) is 4.74 Å². The number of carbonyl (C=O) groups is 2. The number of anilines is 1. The Balaban J connectivity index is 1.63. The molecule has 2 heterocycles. The number of rotatable bonds is 4. The number of hydrogen-bond donors (Lipinski definition) is 1. The maximum atomic E-state index is 12.7. The highest BCUT2D eigenvalue weighted by atomic mass is 16.5. The summed E-state index contributed by atoms with van der Waals surface area (Å²) in [5.74, 6) is -0.0248. The minimum absolute atomic E-state index is 0.0432. The zero-order chi connectivity index (χ0) is 19.8. The normalized spacial score (nSPS) is 23.2. The van der Waals surface area contributed by atoms with Crippen molar-refractivity contribution >= 4 is 17.5 Å². The number of morpholine rings is 1.